The quantitative estimate of drug-likeness (QED) is 0.397. The van der Waals surface area contributed by atoms with E-state index in [9.17, 15) is 9.18 Å². The van der Waals surface area contributed by atoms with Crippen LogP contribution in [0.3, 0.4) is 0 Å². The molecule has 0 radical (unpaired) electrons. The standard InChI is InChI=1S/C28H25FN2O3/c1-16(2)23-15-33-28(31-23)20-6-4-5-18(13-20)19-9-12-24-22(14-19)25(27(32)30-3)26(34-24)17-7-10-21(29)11-8-17/h4-14,16,23H,15H2,1-3H3,(H,30,32)/t23-/m1/s1. The Kier molecular flexibility index (Phi) is 5.65. The highest BCUT2D eigenvalue weighted by atomic mass is 19.1. The number of carbonyl (C=O) groups is 1. The van der Waals surface area contributed by atoms with Crippen LogP contribution in [-0.2, 0) is 4.74 Å². The molecule has 1 atom stereocenters. The second-order valence-corrected chi connectivity index (χ2v) is 8.74. The Bertz CT molecular complexity index is 1400. The van der Waals surface area contributed by atoms with Gasteiger partial charge in [0.2, 0.25) is 5.90 Å². The molecular weight excluding hydrogens is 431 g/mol. The van der Waals surface area contributed by atoms with Gasteiger partial charge in [0.1, 0.15) is 23.8 Å². The topological polar surface area (TPSA) is 63.8 Å². The molecule has 1 amide bonds. The molecule has 2 heterocycles. The monoisotopic (exact) mass is 456 g/mol. The van der Waals surface area contributed by atoms with Crippen LogP contribution in [-0.4, -0.2) is 31.5 Å². The highest BCUT2D eigenvalue weighted by Crippen LogP contribution is 2.36. The van der Waals surface area contributed by atoms with Crippen molar-refractivity contribution in [2.24, 2.45) is 10.9 Å². The first-order valence-corrected chi connectivity index (χ1v) is 11.3. The van der Waals surface area contributed by atoms with Gasteiger partial charge in [0.15, 0.2) is 0 Å². The van der Waals surface area contributed by atoms with Gasteiger partial charge in [-0.25, -0.2) is 9.38 Å². The molecule has 1 N–H and O–H groups in total. The van der Waals surface area contributed by atoms with Gasteiger partial charge in [0.05, 0.1) is 11.6 Å². The fourth-order valence-electron chi connectivity index (χ4n) is 4.15. The average molecular weight is 457 g/mol. The smallest absolute Gasteiger partial charge is 0.255 e. The van der Waals surface area contributed by atoms with Crippen molar-refractivity contribution in [2.75, 3.05) is 13.7 Å². The molecule has 0 saturated heterocycles. The van der Waals surface area contributed by atoms with Gasteiger partial charge in [0.25, 0.3) is 5.91 Å². The Balaban J connectivity index is 1.59. The number of hydrogen-bond acceptors (Lipinski definition) is 4. The number of nitrogens with one attached hydrogen (secondary N) is 1. The SMILES string of the molecule is CNC(=O)c1c(-c2ccc(F)cc2)oc2ccc(-c3cccc(C4=N[C@@H](C(C)C)CO4)c3)cc12. The van der Waals surface area contributed by atoms with Crippen LogP contribution in [0.1, 0.15) is 29.8 Å². The maximum atomic E-state index is 13.5. The first-order chi connectivity index (χ1) is 16.4. The first kappa shape index (κ1) is 21.9. The second kappa shape index (κ2) is 8.78. The minimum atomic E-state index is -0.348. The molecule has 4 aromatic rings. The van der Waals surface area contributed by atoms with E-state index in [0.717, 1.165) is 16.7 Å². The molecule has 1 aromatic heterocycles. The largest absolute Gasteiger partial charge is 0.475 e. The highest BCUT2D eigenvalue weighted by molar-refractivity contribution is 6.11. The molecule has 0 bridgehead atoms. The van der Waals surface area contributed by atoms with Crippen molar-refractivity contribution in [3.63, 3.8) is 0 Å². The van der Waals surface area contributed by atoms with Crippen molar-refractivity contribution in [3.05, 3.63) is 83.7 Å². The van der Waals surface area contributed by atoms with E-state index < -0.39 is 0 Å². The molecule has 1 aliphatic rings. The van der Waals surface area contributed by atoms with Gasteiger partial charge in [0, 0.05) is 23.6 Å². The van der Waals surface area contributed by atoms with E-state index in [2.05, 4.69) is 19.2 Å². The predicted molar refractivity (Wildman–Crippen MR) is 132 cm³/mol. The third-order valence-corrected chi connectivity index (χ3v) is 6.13. The Hall–Kier alpha value is -3.93. The zero-order valence-corrected chi connectivity index (χ0v) is 19.3. The summed E-state index contributed by atoms with van der Waals surface area (Å²) in [6, 6.07) is 19.9. The van der Waals surface area contributed by atoms with E-state index in [1.807, 2.05) is 42.5 Å². The number of fused-ring (bicyclic) bond motifs is 1. The Labute approximate surface area is 197 Å². The predicted octanol–water partition coefficient (Wildman–Crippen LogP) is 6.07. The van der Waals surface area contributed by atoms with E-state index in [4.69, 9.17) is 14.1 Å². The zero-order valence-electron chi connectivity index (χ0n) is 19.3. The van der Waals surface area contributed by atoms with Crippen molar-refractivity contribution in [2.45, 2.75) is 19.9 Å². The number of carbonyl (C=O) groups excluding carboxylic acids is 1. The molecule has 172 valence electrons. The minimum Gasteiger partial charge on any atom is -0.475 e. The third kappa shape index (κ3) is 3.96. The maximum Gasteiger partial charge on any atom is 0.255 e. The van der Waals surface area contributed by atoms with Gasteiger partial charge in [-0.3, -0.25) is 4.79 Å². The van der Waals surface area contributed by atoms with Crippen LogP contribution >= 0.6 is 0 Å². The van der Waals surface area contributed by atoms with Crippen LogP contribution in [0.4, 0.5) is 4.39 Å². The van der Waals surface area contributed by atoms with E-state index in [0.29, 0.717) is 46.3 Å². The lowest BCUT2D eigenvalue weighted by molar-refractivity contribution is 0.0964. The van der Waals surface area contributed by atoms with E-state index >= 15 is 0 Å². The molecule has 1 aliphatic heterocycles. The van der Waals surface area contributed by atoms with Crippen LogP contribution in [0.2, 0.25) is 0 Å². The fourth-order valence-corrected chi connectivity index (χ4v) is 4.15. The number of hydrogen-bond donors (Lipinski definition) is 1. The second-order valence-electron chi connectivity index (χ2n) is 8.74. The van der Waals surface area contributed by atoms with Gasteiger partial charge in [-0.05, 0) is 65.6 Å². The van der Waals surface area contributed by atoms with Gasteiger partial charge in [-0.2, -0.15) is 0 Å². The number of aliphatic imine (C=N–C) groups is 1. The van der Waals surface area contributed by atoms with Crippen molar-refractivity contribution in [1.29, 1.82) is 0 Å². The van der Waals surface area contributed by atoms with Crippen LogP contribution in [0.25, 0.3) is 33.4 Å². The van der Waals surface area contributed by atoms with Crippen molar-refractivity contribution >= 4 is 22.8 Å². The molecule has 6 heteroatoms. The number of halogens is 1. The van der Waals surface area contributed by atoms with Gasteiger partial charge >= 0.3 is 0 Å². The number of furan rings is 1. The number of benzene rings is 3. The van der Waals surface area contributed by atoms with E-state index in [1.165, 1.54) is 12.1 Å². The summed E-state index contributed by atoms with van der Waals surface area (Å²) in [5.74, 6) is 0.877. The highest BCUT2D eigenvalue weighted by Gasteiger charge is 2.24. The lowest BCUT2D eigenvalue weighted by Crippen LogP contribution is -2.18. The minimum absolute atomic E-state index is 0.168. The first-order valence-electron chi connectivity index (χ1n) is 11.3. The molecule has 0 fully saturated rings. The van der Waals surface area contributed by atoms with Crippen LogP contribution in [0.5, 0.6) is 0 Å². The molecule has 34 heavy (non-hydrogen) atoms. The Morgan fingerprint density at radius 3 is 2.41 bits per heavy atom. The lowest BCUT2D eigenvalue weighted by atomic mass is 9.99. The fraction of sp³-hybridized carbons (Fsp3) is 0.214. The average Bonchev–Trinajstić information content (AvgIpc) is 3.49. The van der Waals surface area contributed by atoms with Crippen LogP contribution in [0.15, 0.2) is 76.1 Å². The molecular formula is C28H25FN2O3. The van der Waals surface area contributed by atoms with Gasteiger partial charge in [-0.15, -0.1) is 0 Å². The van der Waals surface area contributed by atoms with E-state index in [-0.39, 0.29) is 17.8 Å². The number of ether oxygens (including phenoxy) is 1. The van der Waals surface area contributed by atoms with Gasteiger partial charge in [-0.1, -0.05) is 32.0 Å². The summed E-state index contributed by atoms with van der Waals surface area (Å²) < 4.78 is 25.4. The van der Waals surface area contributed by atoms with Crippen LogP contribution in [0, 0.1) is 11.7 Å². The van der Waals surface area contributed by atoms with E-state index in [1.54, 1.807) is 19.2 Å². The normalized spacial score (nSPS) is 15.4. The Morgan fingerprint density at radius 1 is 1.00 bits per heavy atom. The molecule has 0 aliphatic carbocycles. The number of amides is 1. The third-order valence-electron chi connectivity index (χ3n) is 6.13. The molecule has 3 aromatic carbocycles. The number of nitrogens with zero attached hydrogens (tertiary/aromatic N) is 1. The van der Waals surface area contributed by atoms with Gasteiger partial charge < -0.3 is 14.5 Å². The Morgan fingerprint density at radius 2 is 1.71 bits per heavy atom. The molecule has 0 spiro atoms. The molecule has 0 unspecified atom stereocenters. The maximum absolute atomic E-state index is 13.5. The van der Waals surface area contributed by atoms with Crippen LogP contribution < -0.4 is 5.32 Å². The summed E-state index contributed by atoms with van der Waals surface area (Å²) in [6.45, 7) is 4.88. The molecule has 5 rings (SSSR count). The van der Waals surface area contributed by atoms with Crippen molar-refractivity contribution in [3.8, 4) is 22.5 Å². The summed E-state index contributed by atoms with van der Waals surface area (Å²) in [7, 11) is 1.58. The number of rotatable bonds is 5. The molecule has 0 saturated carbocycles. The van der Waals surface area contributed by atoms with Crippen molar-refractivity contribution < 1.29 is 18.3 Å². The summed E-state index contributed by atoms with van der Waals surface area (Å²) in [5.41, 5.74) is 4.48. The summed E-state index contributed by atoms with van der Waals surface area (Å²) in [6.07, 6.45) is 0. The summed E-state index contributed by atoms with van der Waals surface area (Å²) in [5, 5.41) is 3.39. The molecule has 5 nitrogen and oxygen atoms in total. The lowest BCUT2D eigenvalue weighted by Gasteiger charge is -2.07. The summed E-state index contributed by atoms with van der Waals surface area (Å²) >= 11 is 0. The summed E-state index contributed by atoms with van der Waals surface area (Å²) in [4.78, 5) is 17.6. The van der Waals surface area contributed by atoms with Crippen molar-refractivity contribution in [1.82, 2.24) is 5.32 Å². The zero-order chi connectivity index (χ0) is 23.8.